The van der Waals surface area contributed by atoms with Gasteiger partial charge in [0.2, 0.25) is 0 Å². The summed E-state index contributed by atoms with van der Waals surface area (Å²) in [7, 11) is 0. The molecule has 0 radical (unpaired) electrons. The summed E-state index contributed by atoms with van der Waals surface area (Å²) in [6.45, 7) is 12.3. The molecule has 1 aliphatic rings. The maximum atomic E-state index is 5.77. The molecule has 2 atom stereocenters. The molecule has 90 valence electrons. The lowest BCUT2D eigenvalue weighted by molar-refractivity contribution is 0.298. The van der Waals surface area contributed by atoms with Gasteiger partial charge in [0.15, 0.2) is 0 Å². The predicted molar refractivity (Wildman–Crippen MR) is 70.5 cm³/mol. The summed E-state index contributed by atoms with van der Waals surface area (Å²) in [6, 6.07) is 0. The second kappa shape index (κ2) is 5.49. The molecule has 1 saturated heterocycles. The van der Waals surface area contributed by atoms with Crippen molar-refractivity contribution in [2.24, 2.45) is 0 Å². The Labute approximate surface area is 99.9 Å². The van der Waals surface area contributed by atoms with E-state index in [1.54, 1.807) is 0 Å². The van der Waals surface area contributed by atoms with Crippen molar-refractivity contribution in [2.45, 2.75) is 58.7 Å². The van der Waals surface area contributed by atoms with Crippen LogP contribution in [0.25, 0.3) is 0 Å². The Morgan fingerprint density at radius 1 is 1.31 bits per heavy atom. The Hall–Kier alpha value is -0.820. The van der Waals surface area contributed by atoms with Gasteiger partial charge >= 0.3 is 0 Å². The number of allylic oxidation sites excluding steroid dienone is 4. The van der Waals surface area contributed by atoms with E-state index in [1.165, 1.54) is 11.1 Å². The average molecular weight is 220 g/mol. The van der Waals surface area contributed by atoms with Crippen molar-refractivity contribution >= 4 is 0 Å². The van der Waals surface area contributed by atoms with Crippen molar-refractivity contribution in [3.63, 3.8) is 0 Å². The molecule has 0 aliphatic carbocycles. The minimum Gasteiger partial charge on any atom is -0.366 e. The molecule has 1 rings (SSSR count). The van der Waals surface area contributed by atoms with Gasteiger partial charge in [-0.3, -0.25) is 0 Å². The van der Waals surface area contributed by atoms with Gasteiger partial charge in [-0.25, -0.2) is 0 Å². The van der Waals surface area contributed by atoms with E-state index in [2.05, 4.69) is 46.4 Å². The molecule has 0 aromatic rings. The van der Waals surface area contributed by atoms with E-state index >= 15 is 0 Å². The van der Waals surface area contributed by atoms with Crippen LogP contribution in [0.4, 0.5) is 0 Å². The summed E-state index contributed by atoms with van der Waals surface area (Å²) >= 11 is 0. The molecule has 0 spiro atoms. The molecule has 1 fully saturated rings. The summed E-state index contributed by atoms with van der Waals surface area (Å²) in [5.41, 5.74) is 2.74. The molecular formula is C15H24O. The van der Waals surface area contributed by atoms with Gasteiger partial charge in [-0.05, 0) is 47.0 Å². The van der Waals surface area contributed by atoms with E-state index in [0.29, 0.717) is 6.10 Å². The lowest BCUT2D eigenvalue weighted by atomic mass is 9.98. The molecule has 0 bridgehead atoms. The van der Waals surface area contributed by atoms with Crippen molar-refractivity contribution in [2.75, 3.05) is 0 Å². The fourth-order valence-electron chi connectivity index (χ4n) is 1.83. The highest BCUT2D eigenvalue weighted by Gasteiger charge is 2.50. The van der Waals surface area contributed by atoms with Crippen LogP contribution in [0.15, 0.2) is 36.0 Å². The van der Waals surface area contributed by atoms with Gasteiger partial charge in [-0.2, -0.15) is 0 Å². The van der Waals surface area contributed by atoms with Gasteiger partial charge in [-0.15, -0.1) is 0 Å². The van der Waals surface area contributed by atoms with Crippen LogP contribution in [0, 0.1) is 0 Å². The second-order valence-electron chi connectivity index (χ2n) is 5.13. The minimum atomic E-state index is 0.115. The molecule has 0 saturated carbocycles. The Morgan fingerprint density at radius 2 is 2.00 bits per heavy atom. The van der Waals surface area contributed by atoms with Gasteiger partial charge < -0.3 is 4.74 Å². The Balaban J connectivity index is 2.30. The second-order valence-corrected chi connectivity index (χ2v) is 5.13. The maximum absolute atomic E-state index is 5.77. The molecule has 1 aliphatic heterocycles. The van der Waals surface area contributed by atoms with Crippen LogP contribution in [0.2, 0.25) is 0 Å². The Morgan fingerprint density at radius 3 is 2.56 bits per heavy atom. The van der Waals surface area contributed by atoms with Gasteiger partial charge in [0.25, 0.3) is 0 Å². The molecule has 0 N–H and O–H groups in total. The molecule has 2 unspecified atom stereocenters. The fourth-order valence-corrected chi connectivity index (χ4v) is 1.83. The summed E-state index contributed by atoms with van der Waals surface area (Å²) in [6.07, 6.45) is 10.1. The van der Waals surface area contributed by atoms with Gasteiger partial charge in [0.05, 0.1) is 11.7 Å². The molecule has 0 aromatic heterocycles. The molecule has 1 nitrogen and oxygen atoms in total. The van der Waals surface area contributed by atoms with E-state index in [-0.39, 0.29) is 5.60 Å². The molecule has 0 aromatic carbocycles. The normalized spacial score (nSPS) is 28.8. The molecule has 1 heterocycles. The Bertz CT molecular complexity index is 307. The first-order valence-corrected chi connectivity index (χ1v) is 6.08. The molecular weight excluding hydrogens is 196 g/mol. The third-order valence-corrected chi connectivity index (χ3v) is 3.20. The minimum absolute atomic E-state index is 0.115. The number of epoxide rings is 1. The lowest BCUT2D eigenvalue weighted by Gasteiger charge is -2.03. The fraction of sp³-hybridized carbons (Fsp3) is 0.600. The summed E-state index contributed by atoms with van der Waals surface area (Å²) in [5.74, 6) is 0. The summed E-state index contributed by atoms with van der Waals surface area (Å²) in [4.78, 5) is 0. The smallest absolute Gasteiger partial charge is 0.0926 e. The van der Waals surface area contributed by atoms with E-state index in [0.717, 1.165) is 19.3 Å². The molecule has 1 heteroatoms. The van der Waals surface area contributed by atoms with Gasteiger partial charge in [0, 0.05) is 0 Å². The van der Waals surface area contributed by atoms with Gasteiger partial charge in [-0.1, -0.05) is 36.0 Å². The lowest BCUT2D eigenvalue weighted by Crippen LogP contribution is -2.08. The number of hydrogen-bond donors (Lipinski definition) is 0. The first-order chi connectivity index (χ1) is 7.48. The van der Waals surface area contributed by atoms with Crippen molar-refractivity contribution in [1.29, 1.82) is 0 Å². The highest BCUT2D eigenvalue weighted by atomic mass is 16.6. The summed E-state index contributed by atoms with van der Waals surface area (Å²) in [5, 5.41) is 0. The van der Waals surface area contributed by atoms with Crippen molar-refractivity contribution in [3.8, 4) is 0 Å². The molecule has 0 amide bonds. The zero-order chi connectivity index (χ0) is 12.2. The van der Waals surface area contributed by atoms with Crippen LogP contribution in [0.5, 0.6) is 0 Å². The zero-order valence-corrected chi connectivity index (χ0v) is 11.0. The van der Waals surface area contributed by atoms with E-state index < -0.39 is 0 Å². The first-order valence-electron chi connectivity index (χ1n) is 6.08. The Kier molecular flexibility index (Phi) is 4.55. The van der Waals surface area contributed by atoms with Crippen LogP contribution < -0.4 is 0 Å². The van der Waals surface area contributed by atoms with Crippen molar-refractivity contribution < 1.29 is 4.74 Å². The highest BCUT2D eigenvalue weighted by molar-refractivity contribution is 5.15. The zero-order valence-electron chi connectivity index (χ0n) is 11.0. The van der Waals surface area contributed by atoms with Gasteiger partial charge in [0.1, 0.15) is 0 Å². The SMILES string of the molecule is C=C/C(C)=C/CC1OC1(C)CCC=C(C)C. The quantitative estimate of drug-likeness (QED) is 0.367. The van der Waals surface area contributed by atoms with E-state index in [1.807, 2.05) is 6.08 Å². The van der Waals surface area contributed by atoms with Crippen molar-refractivity contribution in [1.82, 2.24) is 0 Å². The standard InChI is InChI=1S/C15H24O/c1-6-13(4)9-10-14-15(5,16-14)11-7-8-12(2)3/h6,8-9,14H,1,7,10-11H2,2-5H3/b13-9+. The van der Waals surface area contributed by atoms with Crippen LogP contribution in [-0.4, -0.2) is 11.7 Å². The third-order valence-electron chi connectivity index (χ3n) is 3.20. The number of rotatable bonds is 6. The number of hydrogen-bond acceptors (Lipinski definition) is 1. The van der Waals surface area contributed by atoms with E-state index in [4.69, 9.17) is 4.74 Å². The number of ether oxygens (including phenoxy) is 1. The predicted octanol–water partition coefficient (Wildman–Crippen LogP) is 4.41. The average Bonchev–Trinajstić information content (AvgIpc) is 2.85. The van der Waals surface area contributed by atoms with Crippen LogP contribution in [-0.2, 0) is 4.74 Å². The van der Waals surface area contributed by atoms with Crippen molar-refractivity contribution in [3.05, 3.63) is 36.0 Å². The molecule has 16 heavy (non-hydrogen) atoms. The summed E-state index contributed by atoms with van der Waals surface area (Å²) < 4.78 is 5.77. The highest BCUT2D eigenvalue weighted by Crippen LogP contribution is 2.42. The van der Waals surface area contributed by atoms with Crippen LogP contribution >= 0.6 is 0 Å². The van der Waals surface area contributed by atoms with Crippen LogP contribution in [0.3, 0.4) is 0 Å². The van der Waals surface area contributed by atoms with Crippen LogP contribution in [0.1, 0.15) is 47.0 Å². The monoisotopic (exact) mass is 220 g/mol. The third kappa shape index (κ3) is 3.97. The topological polar surface area (TPSA) is 12.5 Å². The first kappa shape index (κ1) is 13.2. The largest absolute Gasteiger partial charge is 0.366 e. The van der Waals surface area contributed by atoms with E-state index in [9.17, 15) is 0 Å². The maximum Gasteiger partial charge on any atom is 0.0926 e.